The topological polar surface area (TPSA) is 59.3 Å². The van der Waals surface area contributed by atoms with Crippen LogP contribution in [0.25, 0.3) is 0 Å². The van der Waals surface area contributed by atoms with Crippen LogP contribution in [0.1, 0.15) is 0 Å². The highest BCUT2D eigenvalue weighted by molar-refractivity contribution is 9.10. The zero-order valence-electron chi connectivity index (χ0n) is 5.35. The van der Waals surface area contributed by atoms with Gasteiger partial charge in [-0.1, -0.05) is 0 Å². The Morgan fingerprint density at radius 2 is 2.09 bits per heavy atom. The first-order valence-corrected chi connectivity index (χ1v) is 3.43. The number of hydrogen-bond acceptors (Lipinski definition) is 3. The summed E-state index contributed by atoms with van der Waals surface area (Å²) < 4.78 is 0.745. The van der Waals surface area contributed by atoms with Gasteiger partial charge >= 0.3 is 0 Å². The molecule has 0 aliphatic rings. The normalized spacial score (nSPS) is 9.18. The molecule has 0 saturated carbocycles. The average molecular weight is 218 g/mol. The lowest BCUT2D eigenvalue weighted by Crippen LogP contribution is -2.17. The lowest BCUT2D eigenvalue weighted by Gasteiger charge is -2.02. The number of anilines is 1. The number of aromatic nitrogens is 1. The summed E-state index contributed by atoms with van der Waals surface area (Å²) in [6.07, 6.45) is 2.96. The Morgan fingerprint density at radius 1 is 1.55 bits per heavy atom. The van der Waals surface area contributed by atoms with E-state index < -0.39 is 5.03 Å². The fourth-order valence-electron chi connectivity index (χ4n) is 0.561. The number of nitro groups is 1. The second-order valence-electron chi connectivity index (χ2n) is 1.70. The van der Waals surface area contributed by atoms with E-state index in [1.807, 2.05) is 0 Å². The fraction of sp³-hybridized carbons (Fsp3) is 0. The molecular weight excluding hydrogens is 214 g/mol. The van der Waals surface area contributed by atoms with E-state index in [1.54, 1.807) is 0 Å². The highest BCUT2D eigenvalue weighted by Gasteiger charge is 2.11. The van der Waals surface area contributed by atoms with Crippen molar-refractivity contribution >= 4 is 21.8 Å². The van der Waals surface area contributed by atoms with Crippen LogP contribution in [0.5, 0.6) is 0 Å². The zero-order valence-corrected chi connectivity index (χ0v) is 6.93. The Morgan fingerprint density at radius 3 is 2.55 bits per heavy atom. The highest BCUT2D eigenvalue weighted by Crippen LogP contribution is 2.15. The van der Waals surface area contributed by atoms with Crippen LogP contribution in [-0.2, 0) is 0 Å². The second-order valence-corrected chi connectivity index (χ2v) is 2.38. The molecule has 6 heteroatoms. The van der Waals surface area contributed by atoms with Gasteiger partial charge in [-0.3, -0.25) is 4.98 Å². The largest absolute Gasteiger partial charge is 0.265 e. The SMILES string of the molecule is O=[N+]([O-])N(Br)c1ccncc1. The summed E-state index contributed by atoms with van der Waals surface area (Å²) in [5, 5.41) is 9.59. The minimum Gasteiger partial charge on any atom is -0.265 e. The molecule has 0 bridgehead atoms. The van der Waals surface area contributed by atoms with Crippen molar-refractivity contribution in [3.05, 3.63) is 34.6 Å². The Balaban J connectivity index is 2.85. The van der Waals surface area contributed by atoms with E-state index in [-0.39, 0.29) is 0 Å². The van der Waals surface area contributed by atoms with Crippen molar-refractivity contribution in [1.29, 1.82) is 0 Å². The zero-order chi connectivity index (χ0) is 8.27. The summed E-state index contributed by atoms with van der Waals surface area (Å²) in [5.41, 5.74) is 0.435. The maximum Gasteiger partial charge on any atom is 0.176 e. The molecule has 0 aliphatic heterocycles. The monoisotopic (exact) mass is 217 g/mol. The molecule has 0 amide bonds. The summed E-state index contributed by atoms with van der Waals surface area (Å²) in [7, 11) is 0. The predicted molar refractivity (Wildman–Crippen MR) is 42.6 cm³/mol. The van der Waals surface area contributed by atoms with Gasteiger partial charge in [-0.2, -0.15) is 0 Å². The Hall–Kier alpha value is -1.17. The van der Waals surface area contributed by atoms with E-state index >= 15 is 0 Å². The first kappa shape index (κ1) is 7.93. The maximum absolute atomic E-state index is 10.2. The van der Waals surface area contributed by atoms with Gasteiger partial charge in [0, 0.05) is 12.4 Å². The van der Waals surface area contributed by atoms with Gasteiger partial charge in [-0.05, 0) is 16.2 Å². The smallest absolute Gasteiger partial charge is 0.176 e. The van der Waals surface area contributed by atoms with E-state index in [0.717, 1.165) is 4.03 Å². The van der Waals surface area contributed by atoms with E-state index in [0.29, 0.717) is 5.69 Å². The number of rotatable bonds is 2. The summed E-state index contributed by atoms with van der Waals surface area (Å²) in [5.74, 6) is 0. The second kappa shape index (κ2) is 3.29. The maximum atomic E-state index is 10.2. The molecule has 0 N–H and O–H groups in total. The van der Waals surface area contributed by atoms with Crippen molar-refractivity contribution in [2.24, 2.45) is 0 Å². The molecule has 0 radical (unpaired) electrons. The van der Waals surface area contributed by atoms with Gasteiger partial charge in [-0.15, -0.1) is 0 Å². The van der Waals surface area contributed by atoms with Gasteiger partial charge in [0.25, 0.3) is 0 Å². The quantitative estimate of drug-likeness (QED) is 0.427. The summed E-state index contributed by atoms with van der Waals surface area (Å²) in [4.78, 5) is 13.9. The number of hydrogen-bond donors (Lipinski definition) is 0. The van der Waals surface area contributed by atoms with Gasteiger partial charge in [0.15, 0.2) is 5.03 Å². The Bertz CT molecular complexity index is 253. The molecule has 0 saturated heterocycles. The van der Waals surface area contributed by atoms with Crippen molar-refractivity contribution in [1.82, 2.24) is 4.98 Å². The first-order chi connectivity index (χ1) is 5.22. The van der Waals surface area contributed by atoms with Gasteiger partial charge < -0.3 is 0 Å². The van der Waals surface area contributed by atoms with E-state index in [4.69, 9.17) is 0 Å². The van der Waals surface area contributed by atoms with Gasteiger partial charge in [0.05, 0.1) is 0 Å². The van der Waals surface area contributed by atoms with E-state index in [9.17, 15) is 10.1 Å². The molecule has 1 aromatic heterocycles. The lowest BCUT2D eigenvalue weighted by atomic mass is 10.4. The van der Waals surface area contributed by atoms with Gasteiger partial charge in [0.1, 0.15) is 21.8 Å². The van der Waals surface area contributed by atoms with Crippen LogP contribution >= 0.6 is 16.1 Å². The van der Waals surface area contributed by atoms with Crippen molar-refractivity contribution in [3.8, 4) is 0 Å². The third-order valence-electron chi connectivity index (χ3n) is 1.02. The minimum atomic E-state index is -0.574. The molecule has 1 aromatic rings. The number of hydrazine groups is 1. The molecule has 58 valence electrons. The number of nitrogens with zero attached hydrogens (tertiary/aromatic N) is 3. The number of pyridine rings is 1. The molecule has 0 unspecified atom stereocenters. The van der Waals surface area contributed by atoms with Crippen LogP contribution in [0, 0.1) is 10.1 Å². The molecule has 0 atom stereocenters. The van der Waals surface area contributed by atoms with E-state index in [1.165, 1.54) is 24.5 Å². The van der Waals surface area contributed by atoms with Crippen LogP contribution in [0.4, 0.5) is 5.69 Å². The third kappa shape index (κ3) is 1.87. The van der Waals surface area contributed by atoms with Crippen molar-refractivity contribution < 1.29 is 5.03 Å². The van der Waals surface area contributed by atoms with Crippen molar-refractivity contribution in [3.63, 3.8) is 0 Å². The van der Waals surface area contributed by atoms with Gasteiger partial charge in [0.2, 0.25) is 0 Å². The average Bonchev–Trinajstić information content (AvgIpc) is 2.05. The molecule has 11 heavy (non-hydrogen) atoms. The molecule has 1 rings (SSSR count). The van der Waals surface area contributed by atoms with E-state index in [2.05, 4.69) is 21.1 Å². The highest BCUT2D eigenvalue weighted by atomic mass is 79.9. The molecule has 0 spiro atoms. The fourth-order valence-corrected chi connectivity index (χ4v) is 0.798. The standard InChI is InChI=1S/C5H4BrN3O2/c6-8(9(10)11)5-1-3-7-4-2-5/h1-4H. The van der Waals surface area contributed by atoms with Crippen molar-refractivity contribution in [2.75, 3.05) is 4.03 Å². The lowest BCUT2D eigenvalue weighted by molar-refractivity contribution is -0.470. The molecule has 0 aromatic carbocycles. The van der Waals surface area contributed by atoms with Crippen molar-refractivity contribution in [2.45, 2.75) is 0 Å². The van der Waals surface area contributed by atoms with Crippen LogP contribution in [0.15, 0.2) is 24.5 Å². The van der Waals surface area contributed by atoms with Crippen LogP contribution in [-0.4, -0.2) is 10.0 Å². The summed E-state index contributed by atoms with van der Waals surface area (Å²) in [6, 6.07) is 3.05. The predicted octanol–water partition coefficient (Wildman–Crippen LogP) is 1.39. The molecule has 5 nitrogen and oxygen atoms in total. The Kier molecular flexibility index (Phi) is 2.37. The third-order valence-corrected chi connectivity index (χ3v) is 1.69. The van der Waals surface area contributed by atoms with Crippen LogP contribution < -0.4 is 4.03 Å². The molecule has 0 fully saturated rings. The summed E-state index contributed by atoms with van der Waals surface area (Å²) >= 11 is 2.76. The first-order valence-electron chi connectivity index (χ1n) is 2.72. The molecule has 0 aliphatic carbocycles. The van der Waals surface area contributed by atoms with Crippen LogP contribution in [0.2, 0.25) is 0 Å². The molecular formula is C5H4BrN3O2. The molecule has 1 heterocycles. The summed E-state index contributed by atoms with van der Waals surface area (Å²) in [6.45, 7) is 0. The minimum absolute atomic E-state index is 0.435. The van der Waals surface area contributed by atoms with Crippen LogP contribution in [0.3, 0.4) is 0 Å². The Labute approximate surface area is 71.1 Å². The number of halogens is 1. The van der Waals surface area contributed by atoms with Gasteiger partial charge in [-0.25, -0.2) is 10.1 Å².